The molecule has 1 fully saturated rings. The Morgan fingerprint density at radius 2 is 1.88 bits per heavy atom. The van der Waals surface area contributed by atoms with Gasteiger partial charge in [0, 0.05) is 6.92 Å². The molecule has 16 heavy (non-hydrogen) atoms. The number of allylic oxidation sites excluding steroid dienone is 1. The van der Waals surface area contributed by atoms with Gasteiger partial charge >= 0.3 is 0 Å². The van der Waals surface area contributed by atoms with Crippen LogP contribution in [0.5, 0.6) is 0 Å². The van der Waals surface area contributed by atoms with Crippen molar-refractivity contribution in [3.8, 4) is 0 Å². The van der Waals surface area contributed by atoms with E-state index < -0.39 is 5.97 Å². The van der Waals surface area contributed by atoms with E-state index in [4.69, 9.17) is 19.7 Å². The first-order valence-corrected chi connectivity index (χ1v) is 5.43. The van der Waals surface area contributed by atoms with E-state index in [-0.39, 0.29) is 12.2 Å². The van der Waals surface area contributed by atoms with Gasteiger partial charge in [-0.05, 0) is 33.6 Å². The van der Waals surface area contributed by atoms with E-state index in [1.165, 1.54) is 5.57 Å². The molecule has 1 heterocycles. The highest BCUT2D eigenvalue weighted by molar-refractivity contribution is 5.62. The smallest absolute Gasteiger partial charge is 0.300 e. The van der Waals surface area contributed by atoms with E-state index >= 15 is 0 Å². The van der Waals surface area contributed by atoms with E-state index in [2.05, 4.69) is 13.8 Å². The lowest BCUT2D eigenvalue weighted by Gasteiger charge is -1.98. The molecule has 0 aromatic heterocycles. The summed E-state index contributed by atoms with van der Waals surface area (Å²) < 4.78 is 5.44. The van der Waals surface area contributed by atoms with Crippen LogP contribution in [0.4, 0.5) is 0 Å². The third-order valence-electron chi connectivity index (χ3n) is 2.40. The molecule has 1 saturated heterocycles. The summed E-state index contributed by atoms with van der Waals surface area (Å²) in [4.78, 5) is 9.00. The maximum Gasteiger partial charge on any atom is 0.300 e. The summed E-state index contributed by atoms with van der Waals surface area (Å²) in [5, 5.41) is 16.0. The second-order valence-electron chi connectivity index (χ2n) is 4.50. The Kier molecular flexibility index (Phi) is 6.29. The molecule has 4 nitrogen and oxygen atoms in total. The van der Waals surface area contributed by atoms with Gasteiger partial charge in [0.2, 0.25) is 0 Å². The minimum atomic E-state index is -0.833. The molecule has 0 saturated carbocycles. The molecular formula is C12H22O4. The van der Waals surface area contributed by atoms with Gasteiger partial charge in [-0.25, -0.2) is 0 Å². The van der Waals surface area contributed by atoms with Gasteiger partial charge in [0.15, 0.2) is 0 Å². The van der Waals surface area contributed by atoms with Crippen LogP contribution < -0.4 is 0 Å². The molecule has 0 amide bonds. The van der Waals surface area contributed by atoms with Crippen molar-refractivity contribution in [2.24, 2.45) is 0 Å². The topological polar surface area (TPSA) is 70.1 Å². The van der Waals surface area contributed by atoms with Gasteiger partial charge in [-0.2, -0.15) is 0 Å². The Balaban J connectivity index is 0.000000487. The molecule has 1 aliphatic rings. The average molecular weight is 230 g/mol. The summed E-state index contributed by atoms with van der Waals surface area (Å²) in [6.07, 6.45) is 4.40. The lowest BCUT2D eigenvalue weighted by Crippen LogP contribution is -2.02. The first-order chi connectivity index (χ1) is 7.29. The van der Waals surface area contributed by atoms with Crippen LogP contribution in [-0.2, 0) is 9.53 Å². The predicted octanol–water partition coefficient (Wildman–Crippen LogP) is 1.97. The largest absolute Gasteiger partial charge is 0.481 e. The van der Waals surface area contributed by atoms with Gasteiger partial charge in [0.1, 0.15) is 0 Å². The number of hydrogen-bond donors (Lipinski definition) is 2. The number of ether oxygens (including phenoxy) is 1. The van der Waals surface area contributed by atoms with Crippen molar-refractivity contribution >= 4 is 5.97 Å². The molecule has 0 aromatic rings. The molecule has 0 radical (unpaired) electrons. The van der Waals surface area contributed by atoms with Gasteiger partial charge in [-0.1, -0.05) is 11.6 Å². The number of carbonyl (C=O) groups is 1. The van der Waals surface area contributed by atoms with E-state index in [1.54, 1.807) is 0 Å². The van der Waals surface area contributed by atoms with Gasteiger partial charge in [-0.3, -0.25) is 4.79 Å². The van der Waals surface area contributed by atoms with Crippen LogP contribution >= 0.6 is 0 Å². The van der Waals surface area contributed by atoms with E-state index in [0.717, 1.165) is 19.8 Å². The number of hydrogen-bond acceptors (Lipinski definition) is 3. The average Bonchev–Trinajstić information content (AvgIpc) is 2.70. The van der Waals surface area contributed by atoms with Crippen LogP contribution in [0.1, 0.15) is 40.5 Å². The molecule has 0 spiro atoms. The zero-order valence-corrected chi connectivity index (χ0v) is 10.5. The molecule has 0 aromatic carbocycles. The second kappa shape index (κ2) is 6.66. The summed E-state index contributed by atoms with van der Waals surface area (Å²) in [5.41, 5.74) is 1.36. The van der Waals surface area contributed by atoms with Crippen LogP contribution in [0.2, 0.25) is 0 Å². The number of aliphatic hydroxyl groups is 1. The predicted molar refractivity (Wildman–Crippen MR) is 62.3 cm³/mol. The highest BCUT2D eigenvalue weighted by atomic mass is 16.6. The molecule has 0 aliphatic carbocycles. The van der Waals surface area contributed by atoms with E-state index in [1.807, 2.05) is 13.0 Å². The van der Waals surface area contributed by atoms with Crippen molar-refractivity contribution < 1.29 is 19.7 Å². The summed E-state index contributed by atoms with van der Waals surface area (Å²) in [6.45, 7) is 7.51. The summed E-state index contributed by atoms with van der Waals surface area (Å²) in [5.74, 6) is -0.833. The fourth-order valence-corrected chi connectivity index (χ4v) is 1.36. The SMILES string of the molecule is C/C(=C\CO)CCC1OC1(C)C.CC(=O)O. The van der Waals surface area contributed by atoms with Crippen LogP contribution in [0.25, 0.3) is 0 Å². The van der Waals surface area contributed by atoms with Crippen molar-refractivity contribution in [1.29, 1.82) is 0 Å². The van der Waals surface area contributed by atoms with Crippen LogP contribution in [0.15, 0.2) is 11.6 Å². The first-order valence-electron chi connectivity index (χ1n) is 5.43. The third kappa shape index (κ3) is 7.43. The van der Waals surface area contributed by atoms with Gasteiger partial charge in [0.25, 0.3) is 5.97 Å². The monoisotopic (exact) mass is 230 g/mol. The van der Waals surface area contributed by atoms with Gasteiger partial charge in [0.05, 0.1) is 18.3 Å². The number of aliphatic carboxylic acids is 1. The zero-order chi connectivity index (χ0) is 12.8. The summed E-state index contributed by atoms with van der Waals surface area (Å²) >= 11 is 0. The Morgan fingerprint density at radius 1 is 1.44 bits per heavy atom. The summed E-state index contributed by atoms with van der Waals surface area (Å²) in [7, 11) is 0. The van der Waals surface area contributed by atoms with Crippen LogP contribution in [-0.4, -0.2) is 34.5 Å². The Bertz CT molecular complexity index is 252. The van der Waals surface area contributed by atoms with Crippen molar-refractivity contribution in [2.45, 2.75) is 52.2 Å². The maximum absolute atomic E-state index is 9.00. The van der Waals surface area contributed by atoms with E-state index in [9.17, 15) is 0 Å². The molecule has 1 atom stereocenters. The van der Waals surface area contributed by atoms with Crippen molar-refractivity contribution in [2.75, 3.05) is 6.61 Å². The number of carboxylic acids is 1. The Morgan fingerprint density at radius 3 is 2.19 bits per heavy atom. The van der Waals surface area contributed by atoms with Gasteiger partial charge in [-0.15, -0.1) is 0 Å². The zero-order valence-electron chi connectivity index (χ0n) is 10.5. The molecule has 1 aliphatic heterocycles. The second-order valence-corrected chi connectivity index (χ2v) is 4.50. The molecule has 2 N–H and O–H groups in total. The van der Waals surface area contributed by atoms with Crippen LogP contribution in [0.3, 0.4) is 0 Å². The van der Waals surface area contributed by atoms with Gasteiger partial charge < -0.3 is 14.9 Å². The summed E-state index contributed by atoms with van der Waals surface area (Å²) in [6, 6.07) is 0. The molecule has 1 rings (SSSR count). The van der Waals surface area contributed by atoms with E-state index in [0.29, 0.717) is 6.10 Å². The molecular weight excluding hydrogens is 208 g/mol. The molecule has 94 valence electrons. The lowest BCUT2D eigenvalue weighted by atomic mass is 10.0. The normalized spacial score (nSPS) is 22.1. The minimum Gasteiger partial charge on any atom is -0.481 e. The van der Waals surface area contributed by atoms with Crippen molar-refractivity contribution in [3.63, 3.8) is 0 Å². The first kappa shape index (κ1) is 15.1. The molecule has 4 heteroatoms. The number of epoxide rings is 1. The Labute approximate surface area is 96.9 Å². The number of rotatable bonds is 4. The molecule has 0 bridgehead atoms. The Hall–Kier alpha value is -0.870. The quantitative estimate of drug-likeness (QED) is 0.572. The third-order valence-corrected chi connectivity index (χ3v) is 2.40. The minimum absolute atomic E-state index is 0.111. The fourth-order valence-electron chi connectivity index (χ4n) is 1.36. The van der Waals surface area contributed by atoms with Crippen LogP contribution in [0, 0.1) is 0 Å². The maximum atomic E-state index is 9.00. The molecule has 1 unspecified atom stereocenters. The highest BCUT2D eigenvalue weighted by Gasteiger charge is 2.46. The standard InChI is InChI=1S/C10H18O2.C2H4O2/c1-8(6-7-11)4-5-9-10(2,3)12-9;1-2(3)4/h6,9,11H,4-5,7H2,1-3H3;1H3,(H,3,4)/b8-6+;. The fraction of sp³-hybridized carbons (Fsp3) is 0.750. The highest BCUT2D eigenvalue weighted by Crippen LogP contribution is 2.38. The lowest BCUT2D eigenvalue weighted by molar-refractivity contribution is -0.134. The number of carboxylic acid groups (broad SMARTS) is 1. The van der Waals surface area contributed by atoms with Crippen molar-refractivity contribution in [1.82, 2.24) is 0 Å². The number of aliphatic hydroxyl groups excluding tert-OH is 1. The van der Waals surface area contributed by atoms with Crippen molar-refractivity contribution in [3.05, 3.63) is 11.6 Å².